The molecule has 78 valence electrons. The molecule has 0 spiro atoms. The van der Waals surface area contributed by atoms with Crippen molar-refractivity contribution in [2.45, 2.75) is 25.3 Å². The quantitative estimate of drug-likeness (QED) is 0.822. The van der Waals surface area contributed by atoms with Gasteiger partial charge in [0.15, 0.2) is 0 Å². The van der Waals surface area contributed by atoms with Crippen LogP contribution in [0.25, 0.3) is 0 Å². The molecule has 0 aromatic carbocycles. The lowest BCUT2D eigenvalue weighted by Crippen LogP contribution is -2.37. The average Bonchev–Trinajstić information content (AvgIpc) is 2.51. The third-order valence-corrected chi connectivity index (χ3v) is 3.45. The molecule has 0 saturated heterocycles. The lowest BCUT2D eigenvalue weighted by molar-refractivity contribution is 0.0944. The van der Waals surface area contributed by atoms with Crippen LogP contribution in [0.3, 0.4) is 0 Å². The zero-order valence-electron chi connectivity index (χ0n) is 7.88. The largest absolute Gasteiger partial charge is 0.347 e. The molecule has 1 aromatic rings. The molecule has 2 unspecified atom stereocenters. The maximum Gasteiger partial charge on any atom is 0.261 e. The second kappa shape index (κ2) is 5.01. The highest BCUT2D eigenvalue weighted by Gasteiger charge is 2.14. The first-order valence-electron chi connectivity index (χ1n) is 4.21. The molecule has 14 heavy (non-hydrogen) atoms. The summed E-state index contributed by atoms with van der Waals surface area (Å²) < 4.78 is 0.613. The molecule has 0 bridgehead atoms. The summed E-state index contributed by atoms with van der Waals surface area (Å²) in [6.45, 7) is 3.71. The van der Waals surface area contributed by atoms with Crippen molar-refractivity contribution in [2.75, 3.05) is 0 Å². The molecule has 5 heteroatoms. The maximum atomic E-state index is 11.6. The number of nitrogens with one attached hydrogen (secondary N) is 1. The Kier molecular flexibility index (Phi) is 4.23. The second-order valence-electron chi connectivity index (χ2n) is 3.04. The highest BCUT2D eigenvalue weighted by molar-refractivity contribution is 7.17. The first kappa shape index (κ1) is 11.8. The Labute approximate surface area is 97.2 Å². The minimum Gasteiger partial charge on any atom is -0.347 e. The van der Waals surface area contributed by atoms with E-state index in [1.165, 1.54) is 11.3 Å². The predicted molar refractivity (Wildman–Crippen MR) is 61.6 cm³/mol. The van der Waals surface area contributed by atoms with Crippen molar-refractivity contribution in [1.82, 2.24) is 5.32 Å². The van der Waals surface area contributed by atoms with E-state index in [9.17, 15) is 4.79 Å². The number of halogens is 2. The number of carbonyl (C=O) groups is 1. The smallest absolute Gasteiger partial charge is 0.261 e. The molecule has 2 nitrogen and oxygen atoms in total. The van der Waals surface area contributed by atoms with E-state index in [1.54, 1.807) is 12.1 Å². The van der Waals surface area contributed by atoms with Gasteiger partial charge in [-0.05, 0) is 26.0 Å². The number of carbonyl (C=O) groups excluding carboxylic acids is 1. The minimum atomic E-state index is -0.123. The van der Waals surface area contributed by atoms with Gasteiger partial charge in [0.2, 0.25) is 0 Å². The molecular formula is C9H11Cl2NOS. The monoisotopic (exact) mass is 251 g/mol. The van der Waals surface area contributed by atoms with Crippen LogP contribution < -0.4 is 5.32 Å². The van der Waals surface area contributed by atoms with Gasteiger partial charge >= 0.3 is 0 Å². The molecule has 1 aromatic heterocycles. The van der Waals surface area contributed by atoms with E-state index in [0.29, 0.717) is 9.21 Å². The first-order valence-corrected chi connectivity index (χ1v) is 5.84. The van der Waals surface area contributed by atoms with Gasteiger partial charge in [0.25, 0.3) is 5.91 Å². The van der Waals surface area contributed by atoms with E-state index in [-0.39, 0.29) is 17.3 Å². The fourth-order valence-corrected chi connectivity index (χ4v) is 1.84. The van der Waals surface area contributed by atoms with Gasteiger partial charge in [0.1, 0.15) is 0 Å². The number of hydrogen-bond donors (Lipinski definition) is 1. The Morgan fingerprint density at radius 2 is 2.14 bits per heavy atom. The summed E-state index contributed by atoms with van der Waals surface area (Å²) in [6.07, 6.45) is 0. The number of hydrogen-bond acceptors (Lipinski definition) is 2. The lowest BCUT2D eigenvalue weighted by atomic mass is 10.2. The third-order valence-electron chi connectivity index (χ3n) is 1.84. The summed E-state index contributed by atoms with van der Waals surface area (Å²) in [6, 6.07) is 3.36. The van der Waals surface area contributed by atoms with Crippen LogP contribution in [0.5, 0.6) is 0 Å². The predicted octanol–water partition coefficient (Wildman–Crippen LogP) is 3.15. The Morgan fingerprint density at radius 1 is 1.50 bits per heavy atom. The fourth-order valence-electron chi connectivity index (χ4n) is 0.829. The van der Waals surface area contributed by atoms with Crippen LogP contribution in [0.4, 0.5) is 0 Å². The topological polar surface area (TPSA) is 29.1 Å². The van der Waals surface area contributed by atoms with Crippen LogP contribution in [-0.2, 0) is 0 Å². The molecule has 0 fully saturated rings. The number of alkyl halides is 1. The molecule has 0 radical (unpaired) electrons. The van der Waals surface area contributed by atoms with E-state index in [4.69, 9.17) is 23.2 Å². The van der Waals surface area contributed by atoms with Gasteiger partial charge < -0.3 is 5.32 Å². The van der Waals surface area contributed by atoms with Crippen LogP contribution >= 0.6 is 34.5 Å². The molecule has 0 saturated carbocycles. The second-order valence-corrected chi connectivity index (χ2v) is 5.45. The zero-order valence-corrected chi connectivity index (χ0v) is 10.2. The van der Waals surface area contributed by atoms with Crippen molar-refractivity contribution in [3.05, 3.63) is 21.3 Å². The normalized spacial score (nSPS) is 14.9. The lowest BCUT2D eigenvalue weighted by Gasteiger charge is -2.14. The van der Waals surface area contributed by atoms with Gasteiger partial charge in [0, 0.05) is 6.04 Å². The first-order chi connectivity index (χ1) is 6.50. The molecule has 1 rings (SSSR count). The highest BCUT2D eigenvalue weighted by atomic mass is 35.5. The van der Waals surface area contributed by atoms with Gasteiger partial charge in [-0.25, -0.2) is 0 Å². The van der Waals surface area contributed by atoms with Gasteiger partial charge in [-0.1, -0.05) is 11.6 Å². The summed E-state index contributed by atoms with van der Waals surface area (Å²) in [4.78, 5) is 12.2. The number of rotatable bonds is 3. The summed E-state index contributed by atoms with van der Waals surface area (Å²) in [5.74, 6) is -0.123. The molecule has 0 aliphatic heterocycles. The molecule has 1 amide bonds. The van der Waals surface area contributed by atoms with E-state index >= 15 is 0 Å². The van der Waals surface area contributed by atoms with E-state index in [2.05, 4.69) is 5.32 Å². The molecule has 2 atom stereocenters. The molecule has 1 N–H and O–H groups in total. The fraction of sp³-hybridized carbons (Fsp3) is 0.444. The number of amides is 1. The van der Waals surface area contributed by atoms with Crippen molar-refractivity contribution in [2.24, 2.45) is 0 Å². The zero-order chi connectivity index (χ0) is 10.7. The maximum absolute atomic E-state index is 11.6. The third kappa shape index (κ3) is 3.15. The van der Waals surface area contributed by atoms with E-state index in [0.717, 1.165) is 0 Å². The van der Waals surface area contributed by atoms with Crippen molar-refractivity contribution < 1.29 is 4.79 Å². The standard InChI is InChI=1S/C9H11Cl2NOS/c1-5(10)6(2)12-9(13)7-3-4-8(11)14-7/h3-6H,1-2H3,(H,12,13). The van der Waals surface area contributed by atoms with Crippen LogP contribution in [0.2, 0.25) is 4.34 Å². The van der Waals surface area contributed by atoms with Crippen molar-refractivity contribution in [3.63, 3.8) is 0 Å². The van der Waals surface area contributed by atoms with Gasteiger partial charge in [0.05, 0.1) is 14.6 Å². The van der Waals surface area contributed by atoms with Crippen molar-refractivity contribution >= 4 is 40.4 Å². The molecule has 1 heterocycles. The average molecular weight is 252 g/mol. The minimum absolute atomic E-state index is 0.0509. The van der Waals surface area contributed by atoms with Gasteiger partial charge in [-0.15, -0.1) is 22.9 Å². The Morgan fingerprint density at radius 3 is 2.57 bits per heavy atom. The van der Waals surface area contributed by atoms with E-state index in [1.807, 2.05) is 13.8 Å². The van der Waals surface area contributed by atoms with Crippen LogP contribution in [0.1, 0.15) is 23.5 Å². The Bertz CT molecular complexity index is 324. The summed E-state index contributed by atoms with van der Waals surface area (Å²) in [7, 11) is 0. The molecule has 0 aliphatic rings. The highest BCUT2D eigenvalue weighted by Crippen LogP contribution is 2.21. The summed E-state index contributed by atoms with van der Waals surface area (Å²) >= 11 is 12.8. The number of thiophene rings is 1. The van der Waals surface area contributed by atoms with E-state index < -0.39 is 0 Å². The van der Waals surface area contributed by atoms with Crippen LogP contribution in [-0.4, -0.2) is 17.3 Å². The van der Waals surface area contributed by atoms with Crippen LogP contribution in [0.15, 0.2) is 12.1 Å². The SMILES string of the molecule is CC(Cl)C(C)NC(=O)c1ccc(Cl)s1. The molecular weight excluding hydrogens is 241 g/mol. The Balaban J connectivity index is 2.59. The Hall–Kier alpha value is -0.250. The van der Waals surface area contributed by atoms with Crippen molar-refractivity contribution in [1.29, 1.82) is 0 Å². The van der Waals surface area contributed by atoms with Crippen LogP contribution in [0, 0.1) is 0 Å². The molecule has 0 aliphatic carbocycles. The van der Waals surface area contributed by atoms with Crippen molar-refractivity contribution in [3.8, 4) is 0 Å². The summed E-state index contributed by atoms with van der Waals surface area (Å²) in [5.41, 5.74) is 0. The van der Waals surface area contributed by atoms with Gasteiger partial charge in [-0.2, -0.15) is 0 Å². The summed E-state index contributed by atoms with van der Waals surface area (Å²) in [5, 5.41) is 2.70. The van der Waals surface area contributed by atoms with Gasteiger partial charge in [-0.3, -0.25) is 4.79 Å².